The van der Waals surface area contributed by atoms with Crippen molar-refractivity contribution in [2.75, 3.05) is 43.3 Å². The van der Waals surface area contributed by atoms with E-state index >= 15 is 0 Å². The van der Waals surface area contributed by atoms with Crippen LogP contribution in [0.25, 0.3) is 0 Å². The number of hydrogen-bond donors (Lipinski definition) is 2. The fourth-order valence-corrected chi connectivity index (χ4v) is 1.77. The Labute approximate surface area is 117 Å². The number of nitrogens with zero attached hydrogens (tertiary/aromatic N) is 1. The van der Waals surface area contributed by atoms with Gasteiger partial charge in [0.25, 0.3) is 0 Å². The Morgan fingerprint density at radius 3 is 2.65 bits per heavy atom. The van der Waals surface area contributed by atoms with Crippen molar-refractivity contribution in [3.63, 3.8) is 0 Å². The first-order valence-electron chi connectivity index (χ1n) is 6.06. The molecule has 0 heterocycles. The number of carbonyl (C=O) groups is 2. The van der Waals surface area contributed by atoms with Gasteiger partial charge in [-0.1, -0.05) is 0 Å². The Morgan fingerprint density at radius 1 is 1.45 bits per heavy atom. The van der Waals surface area contributed by atoms with Crippen LogP contribution in [0.2, 0.25) is 0 Å². The second kappa shape index (κ2) is 7.22. The van der Waals surface area contributed by atoms with Crippen LogP contribution >= 0.6 is 0 Å². The number of ether oxygens (including phenoxy) is 2. The van der Waals surface area contributed by atoms with Gasteiger partial charge in [0, 0.05) is 12.6 Å². The third-order valence-corrected chi connectivity index (χ3v) is 2.84. The topological polar surface area (TPSA) is 93.9 Å². The van der Waals surface area contributed by atoms with Gasteiger partial charge in [0.15, 0.2) is 0 Å². The van der Waals surface area contributed by atoms with Crippen molar-refractivity contribution in [2.24, 2.45) is 0 Å². The van der Waals surface area contributed by atoms with Crippen molar-refractivity contribution >= 4 is 29.4 Å². The van der Waals surface area contributed by atoms with Gasteiger partial charge in [0.1, 0.15) is 12.3 Å². The SMILES string of the molecule is CCN(CC(=O)OC)c1cc(NC=O)c(N)cc1OC. The highest BCUT2D eigenvalue weighted by molar-refractivity contribution is 5.86. The molecule has 0 fully saturated rings. The summed E-state index contributed by atoms with van der Waals surface area (Å²) in [5.74, 6) is 0.153. The van der Waals surface area contributed by atoms with Crippen LogP contribution in [0.5, 0.6) is 5.75 Å². The van der Waals surface area contributed by atoms with E-state index in [1.807, 2.05) is 6.92 Å². The molecule has 0 aromatic heterocycles. The molecule has 0 atom stereocenters. The van der Waals surface area contributed by atoms with Crippen LogP contribution in [0, 0.1) is 0 Å². The molecular weight excluding hydrogens is 262 g/mol. The number of carbonyl (C=O) groups excluding carboxylic acids is 2. The third kappa shape index (κ3) is 3.53. The van der Waals surface area contributed by atoms with Gasteiger partial charge in [-0.15, -0.1) is 0 Å². The monoisotopic (exact) mass is 281 g/mol. The number of anilines is 3. The molecule has 0 unspecified atom stereocenters. The Hall–Kier alpha value is -2.44. The van der Waals surface area contributed by atoms with Gasteiger partial charge in [-0.3, -0.25) is 9.59 Å². The summed E-state index contributed by atoms with van der Waals surface area (Å²) >= 11 is 0. The van der Waals surface area contributed by atoms with Gasteiger partial charge in [-0.25, -0.2) is 0 Å². The largest absolute Gasteiger partial charge is 0.495 e. The van der Waals surface area contributed by atoms with Crippen LogP contribution in [0.15, 0.2) is 12.1 Å². The van der Waals surface area contributed by atoms with E-state index in [0.29, 0.717) is 35.8 Å². The van der Waals surface area contributed by atoms with Crippen LogP contribution in [-0.4, -0.2) is 39.7 Å². The molecule has 1 rings (SSSR count). The summed E-state index contributed by atoms with van der Waals surface area (Å²) in [5, 5.41) is 2.51. The first kappa shape index (κ1) is 15.6. The van der Waals surface area contributed by atoms with Gasteiger partial charge < -0.3 is 25.4 Å². The van der Waals surface area contributed by atoms with Crippen molar-refractivity contribution in [1.82, 2.24) is 0 Å². The highest BCUT2D eigenvalue weighted by atomic mass is 16.5. The molecule has 0 aliphatic rings. The van der Waals surface area contributed by atoms with Crippen LogP contribution in [0.4, 0.5) is 17.1 Å². The maximum atomic E-state index is 11.4. The molecule has 7 heteroatoms. The lowest BCUT2D eigenvalue weighted by atomic mass is 10.2. The van der Waals surface area contributed by atoms with Crippen LogP contribution < -0.4 is 20.7 Å². The molecule has 1 aromatic rings. The van der Waals surface area contributed by atoms with E-state index in [-0.39, 0.29) is 12.5 Å². The Morgan fingerprint density at radius 2 is 2.15 bits per heavy atom. The first-order valence-corrected chi connectivity index (χ1v) is 6.06. The second-order valence-electron chi connectivity index (χ2n) is 3.96. The lowest BCUT2D eigenvalue weighted by Crippen LogP contribution is -2.30. The zero-order valence-electron chi connectivity index (χ0n) is 11.8. The summed E-state index contributed by atoms with van der Waals surface area (Å²) in [6.45, 7) is 2.54. The Balaban J connectivity index is 3.20. The molecule has 3 N–H and O–H groups in total. The predicted molar refractivity (Wildman–Crippen MR) is 77.0 cm³/mol. The molecule has 0 bridgehead atoms. The molecule has 20 heavy (non-hydrogen) atoms. The fourth-order valence-electron chi connectivity index (χ4n) is 1.77. The van der Waals surface area contributed by atoms with Crippen LogP contribution in [0.3, 0.4) is 0 Å². The number of nitrogens with one attached hydrogen (secondary N) is 1. The summed E-state index contributed by atoms with van der Waals surface area (Å²) in [5.41, 5.74) is 7.30. The predicted octanol–water partition coefficient (Wildman–Crippen LogP) is 0.845. The quantitative estimate of drug-likeness (QED) is 0.437. The Bertz CT molecular complexity index is 491. The van der Waals surface area contributed by atoms with E-state index in [4.69, 9.17) is 10.5 Å². The fraction of sp³-hybridized carbons (Fsp3) is 0.385. The van der Waals surface area contributed by atoms with E-state index in [1.165, 1.54) is 14.2 Å². The second-order valence-corrected chi connectivity index (χ2v) is 3.96. The molecule has 0 spiro atoms. The maximum absolute atomic E-state index is 11.4. The minimum Gasteiger partial charge on any atom is -0.495 e. The standard InChI is InChI=1S/C13H19N3O4/c1-4-16(7-13(18)20-3)11-6-10(15-8-17)9(14)5-12(11)19-2/h5-6,8H,4,7,14H2,1-3H3,(H,15,17). The number of amides is 1. The molecule has 1 amide bonds. The van der Waals surface area contributed by atoms with E-state index in [9.17, 15) is 9.59 Å². The van der Waals surface area contributed by atoms with Gasteiger partial charge in [0.05, 0.1) is 31.3 Å². The highest BCUT2D eigenvalue weighted by Gasteiger charge is 2.17. The van der Waals surface area contributed by atoms with Gasteiger partial charge in [0.2, 0.25) is 6.41 Å². The average Bonchev–Trinajstić information content (AvgIpc) is 2.46. The highest BCUT2D eigenvalue weighted by Crippen LogP contribution is 2.35. The van der Waals surface area contributed by atoms with E-state index in [2.05, 4.69) is 10.1 Å². The minimum atomic E-state index is -0.365. The summed E-state index contributed by atoms with van der Waals surface area (Å²) in [4.78, 5) is 23.8. The summed E-state index contributed by atoms with van der Waals surface area (Å²) in [6, 6.07) is 3.26. The normalized spacial score (nSPS) is 9.75. The zero-order valence-corrected chi connectivity index (χ0v) is 11.8. The van der Waals surface area contributed by atoms with Crippen molar-refractivity contribution in [3.8, 4) is 5.75 Å². The zero-order chi connectivity index (χ0) is 15.1. The summed E-state index contributed by atoms with van der Waals surface area (Å²) < 4.78 is 9.93. The number of nitrogens with two attached hydrogens (primary N) is 1. The molecule has 1 aromatic carbocycles. The molecule has 0 radical (unpaired) electrons. The Kier molecular flexibility index (Phi) is 5.64. The number of esters is 1. The third-order valence-electron chi connectivity index (χ3n) is 2.84. The number of hydrogen-bond acceptors (Lipinski definition) is 6. The lowest BCUT2D eigenvalue weighted by Gasteiger charge is -2.25. The molecule has 0 aliphatic carbocycles. The van der Waals surface area contributed by atoms with Crippen LogP contribution in [0.1, 0.15) is 6.92 Å². The van der Waals surface area contributed by atoms with E-state index in [1.54, 1.807) is 17.0 Å². The molecule has 0 saturated heterocycles. The average molecular weight is 281 g/mol. The number of methoxy groups -OCH3 is 2. The molecule has 110 valence electrons. The van der Waals surface area contributed by atoms with E-state index < -0.39 is 0 Å². The molecule has 0 aliphatic heterocycles. The number of benzene rings is 1. The van der Waals surface area contributed by atoms with Gasteiger partial charge in [-0.2, -0.15) is 0 Å². The molecular formula is C13H19N3O4. The van der Waals surface area contributed by atoms with Crippen molar-refractivity contribution in [2.45, 2.75) is 6.92 Å². The number of nitrogen functional groups attached to an aromatic ring is 1. The van der Waals surface area contributed by atoms with Crippen molar-refractivity contribution in [3.05, 3.63) is 12.1 Å². The molecule has 7 nitrogen and oxygen atoms in total. The molecule has 0 saturated carbocycles. The summed E-state index contributed by atoms with van der Waals surface area (Å²) in [6.07, 6.45) is 0.540. The first-order chi connectivity index (χ1) is 9.57. The van der Waals surface area contributed by atoms with Gasteiger partial charge >= 0.3 is 5.97 Å². The van der Waals surface area contributed by atoms with Gasteiger partial charge in [-0.05, 0) is 13.0 Å². The van der Waals surface area contributed by atoms with Crippen molar-refractivity contribution < 1.29 is 19.1 Å². The smallest absolute Gasteiger partial charge is 0.325 e. The minimum absolute atomic E-state index is 0.0772. The lowest BCUT2D eigenvalue weighted by molar-refractivity contribution is -0.138. The van der Waals surface area contributed by atoms with E-state index in [0.717, 1.165) is 0 Å². The number of likely N-dealkylation sites (N-methyl/N-ethyl adjacent to an activating group) is 1. The summed E-state index contributed by atoms with van der Waals surface area (Å²) in [7, 11) is 2.84. The van der Waals surface area contributed by atoms with Crippen LogP contribution in [-0.2, 0) is 14.3 Å². The maximum Gasteiger partial charge on any atom is 0.325 e. The number of rotatable bonds is 7. The van der Waals surface area contributed by atoms with Crippen molar-refractivity contribution in [1.29, 1.82) is 0 Å².